The molecule has 1 fully saturated rings. The Morgan fingerprint density at radius 2 is 1.84 bits per heavy atom. The van der Waals surface area contributed by atoms with Crippen LogP contribution in [0.1, 0.15) is 49.0 Å². The van der Waals surface area contributed by atoms with Crippen LogP contribution in [-0.2, 0) is 4.79 Å². The van der Waals surface area contributed by atoms with Crippen LogP contribution in [0, 0.1) is 12.8 Å². The molecule has 2 aromatic heterocycles. The van der Waals surface area contributed by atoms with Gasteiger partial charge in [0.15, 0.2) is 11.5 Å². The molecule has 1 aliphatic heterocycles. The number of carbonyl (C=O) groups excluding carboxylic acids is 2. The van der Waals surface area contributed by atoms with Crippen LogP contribution in [0.5, 0.6) is 0 Å². The lowest BCUT2D eigenvalue weighted by molar-refractivity contribution is -0.121. The van der Waals surface area contributed by atoms with Gasteiger partial charge in [-0.05, 0) is 39.7 Å². The highest BCUT2D eigenvalue weighted by atomic mass is 16.5. The predicted octanol–water partition coefficient (Wildman–Crippen LogP) is 2.76. The summed E-state index contributed by atoms with van der Waals surface area (Å²) in [4.78, 5) is 40.2. The number of hydrogen-bond acceptors (Lipinski definition) is 6. The predicted molar refractivity (Wildman–Crippen MR) is 115 cm³/mol. The molecule has 31 heavy (non-hydrogen) atoms. The summed E-state index contributed by atoms with van der Waals surface area (Å²) in [7, 11) is 0. The van der Waals surface area contributed by atoms with E-state index in [1.165, 1.54) is 4.68 Å². The zero-order chi connectivity index (χ0) is 22.1. The van der Waals surface area contributed by atoms with Crippen LogP contribution in [0.2, 0.25) is 0 Å². The Bertz CT molecular complexity index is 1190. The van der Waals surface area contributed by atoms with Crippen molar-refractivity contribution in [2.24, 2.45) is 5.92 Å². The normalized spacial score (nSPS) is 14.9. The second-order valence-electron chi connectivity index (χ2n) is 8.12. The summed E-state index contributed by atoms with van der Waals surface area (Å²) in [6.45, 7) is 6.35. The summed E-state index contributed by atoms with van der Waals surface area (Å²) in [6, 6.07) is 8.54. The number of nitrogens with one attached hydrogen (secondary N) is 1. The van der Waals surface area contributed by atoms with Crippen molar-refractivity contribution < 1.29 is 14.1 Å². The van der Waals surface area contributed by atoms with Gasteiger partial charge in [0.05, 0.1) is 11.4 Å². The number of likely N-dealkylation sites (tertiary alicyclic amines) is 1. The van der Waals surface area contributed by atoms with Crippen LogP contribution < -0.4 is 10.9 Å². The Morgan fingerprint density at radius 3 is 2.45 bits per heavy atom. The minimum atomic E-state index is -0.225. The summed E-state index contributed by atoms with van der Waals surface area (Å²) < 4.78 is 6.33. The van der Waals surface area contributed by atoms with Crippen molar-refractivity contribution in [2.75, 3.05) is 18.4 Å². The van der Waals surface area contributed by atoms with Crippen molar-refractivity contribution in [3.63, 3.8) is 0 Å². The lowest BCUT2D eigenvalue weighted by Gasteiger charge is -2.31. The molecule has 1 aliphatic rings. The van der Waals surface area contributed by atoms with Gasteiger partial charge in [0, 0.05) is 30.5 Å². The second kappa shape index (κ2) is 8.33. The fraction of sp³-hybridized carbons (Fsp3) is 0.409. The number of benzene rings is 1. The number of fused-ring (bicyclic) bond motifs is 1. The number of anilines is 1. The zero-order valence-corrected chi connectivity index (χ0v) is 17.8. The Hall–Kier alpha value is -3.49. The average molecular weight is 423 g/mol. The van der Waals surface area contributed by atoms with E-state index in [4.69, 9.17) is 4.52 Å². The largest absolute Gasteiger partial charge is 0.360 e. The van der Waals surface area contributed by atoms with Crippen LogP contribution in [0.25, 0.3) is 10.8 Å². The molecule has 9 nitrogen and oxygen atoms in total. The third-order valence-electron chi connectivity index (χ3n) is 5.55. The summed E-state index contributed by atoms with van der Waals surface area (Å²) >= 11 is 0. The number of carbonyl (C=O) groups is 2. The summed E-state index contributed by atoms with van der Waals surface area (Å²) in [5.41, 5.74) is 0.0606. The molecule has 0 bridgehead atoms. The fourth-order valence-corrected chi connectivity index (χ4v) is 3.86. The van der Waals surface area contributed by atoms with Crippen molar-refractivity contribution in [3.05, 3.63) is 52.1 Å². The summed E-state index contributed by atoms with van der Waals surface area (Å²) in [6.07, 6.45) is 1.08. The standard InChI is InChI=1S/C22H25N5O4/c1-13(2)27-21(29)17-7-5-4-6-16(17)19(24-27)22(30)26-10-8-15(9-11-26)20(28)23-18-12-14(3)31-25-18/h4-7,12-13,15H,8-11H2,1-3H3,(H,23,25,28). The molecule has 9 heteroatoms. The highest BCUT2D eigenvalue weighted by Gasteiger charge is 2.30. The molecule has 162 valence electrons. The van der Waals surface area contributed by atoms with E-state index in [-0.39, 0.29) is 35.0 Å². The monoisotopic (exact) mass is 423 g/mol. The van der Waals surface area contributed by atoms with E-state index >= 15 is 0 Å². The molecular formula is C22H25N5O4. The van der Waals surface area contributed by atoms with E-state index in [1.807, 2.05) is 13.8 Å². The molecule has 0 unspecified atom stereocenters. The first-order valence-electron chi connectivity index (χ1n) is 10.4. The van der Waals surface area contributed by atoms with Gasteiger partial charge in [-0.25, -0.2) is 4.68 Å². The number of amides is 2. The quantitative estimate of drug-likeness (QED) is 0.691. The summed E-state index contributed by atoms with van der Waals surface area (Å²) in [5.74, 6) is 0.454. The molecule has 0 spiro atoms. The molecule has 1 N–H and O–H groups in total. The van der Waals surface area contributed by atoms with E-state index in [0.717, 1.165) is 0 Å². The number of aryl methyl sites for hydroxylation is 1. The first-order chi connectivity index (χ1) is 14.8. The van der Waals surface area contributed by atoms with E-state index < -0.39 is 0 Å². The van der Waals surface area contributed by atoms with Gasteiger partial charge in [-0.3, -0.25) is 14.4 Å². The van der Waals surface area contributed by atoms with Gasteiger partial charge in [-0.2, -0.15) is 5.10 Å². The van der Waals surface area contributed by atoms with E-state index in [0.29, 0.717) is 48.3 Å². The lowest BCUT2D eigenvalue weighted by atomic mass is 9.95. The molecule has 0 saturated carbocycles. The Balaban J connectivity index is 1.51. The maximum absolute atomic E-state index is 13.3. The maximum Gasteiger partial charge on any atom is 0.274 e. The highest BCUT2D eigenvalue weighted by Crippen LogP contribution is 2.23. The van der Waals surface area contributed by atoms with Crippen molar-refractivity contribution in [3.8, 4) is 0 Å². The van der Waals surface area contributed by atoms with Gasteiger partial charge in [0.1, 0.15) is 5.76 Å². The van der Waals surface area contributed by atoms with Gasteiger partial charge < -0.3 is 14.7 Å². The van der Waals surface area contributed by atoms with Gasteiger partial charge >= 0.3 is 0 Å². The first kappa shape index (κ1) is 20.8. The number of rotatable bonds is 4. The summed E-state index contributed by atoms with van der Waals surface area (Å²) in [5, 5.41) is 12.0. The van der Waals surface area contributed by atoms with Gasteiger partial charge in [-0.15, -0.1) is 0 Å². The van der Waals surface area contributed by atoms with Crippen LogP contribution in [0.3, 0.4) is 0 Å². The molecule has 3 aromatic rings. The molecule has 0 radical (unpaired) electrons. The number of hydrogen-bond donors (Lipinski definition) is 1. The average Bonchev–Trinajstić information content (AvgIpc) is 3.18. The van der Waals surface area contributed by atoms with Crippen LogP contribution in [0.4, 0.5) is 5.82 Å². The van der Waals surface area contributed by atoms with Gasteiger partial charge in [0.25, 0.3) is 11.5 Å². The second-order valence-corrected chi connectivity index (χ2v) is 8.12. The van der Waals surface area contributed by atoms with Crippen LogP contribution in [0.15, 0.2) is 39.6 Å². The minimum absolute atomic E-state index is 0.127. The third kappa shape index (κ3) is 4.08. The molecule has 4 rings (SSSR count). The van der Waals surface area contributed by atoms with Crippen molar-refractivity contribution in [2.45, 2.75) is 39.7 Å². The van der Waals surface area contributed by atoms with E-state index in [9.17, 15) is 14.4 Å². The third-order valence-corrected chi connectivity index (χ3v) is 5.55. The van der Waals surface area contributed by atoms with E-state index in [1.54, 1.807) is 42.2 Å². The zero-order valence-electron chi connectivity index (χ0n) is 17.8. The van der Waals surface area contributed by atoms with Crippen molar-refractivity contribution in [1.82, 2.24) is 19.8 Å². The minimum Gasteiger partial charge on any atom is -0.360 e. The topological polar surface area (TPSA) is 110 Å². The molecule has 0 atom stereocenters. The molecule has 3 heterocycles. The Morgan fingerprint density at radius 1 is 1.16 bits per heavy atom. The number of piperidine rings is 1. The smallest absolute Gasteiger partial charge is 0.274 e. The number of aromatic nitrogens is 3. The SMILES string of the molecule is Cc1cc(NC(=O)C2CCN(C(=O)c3nn(C(C)C)c(=O)c4ccccc34)CC2)no1. The van der Waals surface area contributed by atoms with Gasteiger partial charge in [0.2, 0.25) is 5.91 Å². The lowest BCUT2D eigenvalue weighted by Crippen LogP contribution is -2.42. The Labute approximate surface area is 179 Å². The molecule has 1 saturated heterocycles. The molecule has 1 aromatic carbocycles. The van der Waals surface area contributed by atoms with Crippen LogP contribution in [-0.4, -0.2) is 44.7 Å². The van der Waals surface area contributed by atoms with Crippen molar-refractivity contribution >= 4 is 28.4 Å². The van der Waals surface area contributed by atoms with Crippen LogP contribution >= 0.6 is 0 Å². The van der Waals surface area contributed by atoms with Gasteiger partial charge in [-0.1, -0.05) is 23.4 Å². The van der Waals surface area contributed by atoms with E-state index in [2.05, 4.69) is 15.6 Å². The first-order valence-corrected chi connectivity index (χ1v) is 10.4. The highest BCUT2D eigenvalue weighted by molar-refractivity contribution is 6.05. The fourth-order valence-electron chi connectivity index (χ4n) is 3.86. The maximum atomic E-state index is 13.3. The van der Waals surface area contributed by atoms with Crippen molar-refractivity contribution in [1.29, 1.82) is 0 Å². The molecular weight excluding hydrogens is 398 g/mol. The number of nitrogens with zero attached hydrogens (tertiary/aromatic N) is 4. The molecule has 2 amide bonds. The molecule has 0 aliphatic carbocycles. The Kier molecular flexibility index (Phi) is 5.58.